The maximum atomic E-state index is 11.5. The van der Waals surface area contributed by atoms with Crippen LogP contribution in [0, 0.1) is 11.3 Å². The molecule has 0 saturated heterocycles. The third-order valence-corrected chi connectivity index (χ3v) is 11.7. The first-order valence-corrected chi connectivity index (χ1v) is 22.0. The molecule has 2 aliphatic rings. The lowest BCUT2D eigenvalue weighted by atomic mass is 10.0. The predicted octanol–water partition coefficient (Wildman–Crippen LogP) is 14.1. The number of carboxylic acids is 1. The van der Waals surface area contributed by atoms with Crippen molar-refractivity contribution >= 4 is 75.5 Å². The van der Waals surface area contributed by atoms with Crippen LogP contribution in [0.2, 0.25) is 0 Å². The van der Waals surface area contributed by atoms with Gasteiger partial charge in [-0.3, -0.25) is 0 Å². The molecule has 0 fully saturated rings. The highest BCUT2D eigenvalue weighted by molar-refractivity contribution is 5.97. The average Bonchev–Trinajstić information content (AvgIpc) is 4.17. The van der Waals surface area contributed by atoms with Gasteiger partial charge in [0.25, 0.3) is 0 Å². The van der Waals surface area contributed by atoms with E-state index in [0.717, 1.165) is 97.0 Å². The largest absolute Gasteiger partial charge is 0.477 e. The normalized spacial score (nSPS) is 12.0. The molecule has 0 atom stereocenters. The molecule has 314 valence electrons. The van der Waals surface area contributed by atoms with Crippen LogP contribution in [0.4, 0.5) is 17.1 Å². The Labute approximate surface area is 373 Å². The molecular weight excluding hydrogens is 789 g/mol. The lowest BCUT2D eigenvalue weighted by Gasteiger charge is -2.26. The van der Waals surface area contributed by atoms with Gasteiger partial charge in [-0.25, -0.2) is 14.8 Å². The topological polar surface area (TPSA) is 122 Å². The molecule has 0 spiro atoms. The van der Waals surface area contributed by atoms with Crippen molar-refractivity contribution in [3.8, 4) is 28.3 Å². The summed E-state index contributed by atoms with van der Waals surface area (Å²) in [7, 11) is 0. The number of unbranched alkanes of at least 4 members (excludes halogenated alkanes) is 2. The molecule has 3 N–H and O–H groups in total. The van der Waals surface area contributed by atoms with Gasteiger partial charge in [-0.15, -0.1) is 0 Å². The first-order valence-electron chi connectivity index (χ1n) is 22.0. The van der Waals surface area contributed by atoms with E-state index in [1.807, 2.05) is 54.6 Å². The minimum Gasteiger partial charge on any atom is -0.477 e. The maximum Gasteiger partial charge on any atom is 0.346 e. The van der Waals surface area contributed by atoms with Gasteiger partial charge in [0.05, 0.1) is 22.8 Å². The monoisotopic (exact) mass is 836 g/mol. The standard InChI is InChI=1S/C56H48N6O2/c1-3-5-7-37-11-23-47(24-12-37)62(48-25-13-38(14-26-48)8-6-4-2)49-27-17-41(18-28-49)55-52-31-21-45(60-52)34-43-19-29-50(58-43)54(40-15-9-39(10-16-40)33-42(36-57)56(63)64)51-30-20-44(59-51)35-46-22-32-53(55)61-46/h9-35,58,61H,3-8H2,1-2H3,(H,63,64)/b42-33+,43-34?,44-35?,45-34?,46-35?,54-50?,54-51?,55-52?,55-53?. The molecule has 8 bridgehead atoms. The number of H-pyrrole nitrogens is 2. The van der Waals surface area contributed by atoms with Crippen LogP contribution in [0.1, 0.15) is 79.0 Å². The highest BCUT2D eigenvalue weighted by atomic mass is 16.4. The fourth-order valence-electron chi connectivity index (χ4n) is 8.34. The van der Waals surface area contributed by atoms with Gasteiger partial charge in [0, 0.05) is 50.3 Å². The van der Waals surface area contributed by atoms with Crippen LogP contribution in [0.3, 0.4) is 0 Å². The first kappa shape index (κ1) is 41.3. The van der Waals surface area contributed by atoms with E-state index in [-0.39, 0.29) is 5.57 Å². The number of aliphatic carboxylic acids is 1. The van der Waals surface area contributed by atoms with Crippen LogP contribution in [0.25, 0.3) is 74.7 Å². The molecule has 0 saturated carbocycles. The van der Waals surface area contributed by atoms with Crippen molar-refractivity contribution in [3.05, 3.63) is 178 Å². The Balaban J connectivity index is 1.13. The lowest BCUT2D eigenvalue weighted by Crippen LogP contribution is -2.10. The number of aromatic amines is 2. The molecule has 5 heterocycles. The van der Waals surface area contributed by atoms with Gasteiger partial charge in [0.15, 0.2) is 0 Å². The Hall–Kier alpha value is -8.02. The molecular formula is C56H48N6O2. The quantitative estimate of drug-likeness (QED) is 0.0785. The number of hydrogen-bond donors (Lipinski definition) is 3. The lowest BCUT2D eigenvalue weighted by molar-refractivity contribution is -0.132. The molecule has 0 aliphatic carbocycles. The summed E-state index contributed by atoms with van der Waals surface area (Å²) in [4.78, 5) is 31.3. The van der Waals surface area contributed by atoms with Gasteiger partial charge in [0.2, 0.25) is 0 Å². The molecule has 0 amide bonds. The number of hydrogen-bond acceptors (Lipinski definition) is 5. The average molecular weight is 837 g/mol. The summed E-state index contributed by atoms with van der Waals surface area (Å²) in [5, 5.41) is 18.6. The molecule has 2 aliphatic heterocycles. The SMILES string of the molecule is CCCCc1ccc(N(c2ccc(CCCC)cc2)c2ccc(-c3c4nc(cc5ccc([nH]5)c(-c5ccc(/C=C(\C#N)C(=O)O)cc5)c5nc(cc6ccc3[nH]6)C=C5)C=C4)cc2)cc1. The fourth-order valence-corrected chi connectivity index (χ4v) is 8.34. The molecule has 3 aromatic heterocycles. The maximum absolute atomic E-state index is 11.5. The van der Waals surface area contributed by atoms with Crippen LogP contribution in [-0.4, -0.2) is 31.0 Å². The first-order chi connectivity index (χ1) is 31.3. The van der Waals surface area contributed by atoms with Crippen molar-refractivity contribution in [3.63, 3.8) is 0 Å². The van der Waals surface area contributed by atoms with Crippen molar-refractivity contribution in [2.24, 2.45) is 0 Å². The summed E-state index contributed by atoms with van der Waals surface area (Å²) in [5.74, 6) is -1.26. The van der Waals surface area contributed by atoms with Gasteiger partial charge in [0.1, 0.15) is 11.6 Å². The number of aromatic nitrogens is 4. The Morgan fingerprint density at radius 2 is 1.05 bits per heavy atom. The predicted molar refractivity (Wildman–Crippen MR) is 263 cm³/mol. The number of nitrogens with zero attached hydrogens (tertiary/aromatic N) is 4. The minimum atomic E-state index is -1.26. The molecule has 64 heavy (non-hydrogen) atoms. The van der Waals surface area contributed by atoms with Crippen LogP contribution in [0.15, 0.2) is 139 Å². The molecule has 4 aromatic carbocycles. The third-order valence-electron chi connectivity index (χ3n) is 11.7. The molecule has 0 radical (unpaired) electrons. The van der Waals surface area contributed by atoms with Crippen molar-refractivity contribution in [2.75, 3.05) is 4.90 Å². The van der Waals surface area contributed by atoms with Crippen molar-refractivity contribution in [2.45, 2.75) is 52.4 Å². The highest BCUT2D eigenvalue weighted by Crippen LogP contribution is 2.38. The Kier molecular flexibility index (Phi) is 12.0. The van der Waals surface area contributed by atoms with E-state index < -0.39 is 5.97 Å². The second kappa shape index (κ2) is 18.5. The summed E-state index contributed by atoms with van der Waals surface area (Å²) in [5.41, 5.74) is 16.9. The van der Waals surface area contributed by atoms with Gasteiger partial charge in [-0.1, -0.05) is 87.4 Å². The number of nitrogens with one attached hydrogen (secondary N) is 2. The number of carbonyl (C=O) groups is 1. The van der Waals surface area contributed by atoms with Gasteiger partial charge < -0.3 is 20.0 Å². The van der Waals surface area contributed by atoms with E-state index in [2.05, 4.69) is 120 Å². The van der Waals surface area contributed by atoms with Gasteiger partial charge in [-0.2, -0.15) is 5.26 Å². The van der Waals surface area contributed by atoms with E-state index in [1.165, 1.54) is 42.9 Å². The number of aryl methyl sites for hydroxylation is 2. The van der Waals surface area contributed by atoms with Crippen LogP contribution in [-0.2, 0) is 17.6 Å². The van der Waals surface area contributed by atoms with Gasteiger partial charge >= 0.3 is 5.97 Å². The van der Waals surface area contributed by atoms with E-state index in [0.29, 0.717) is 5.56 Å². The van der Waals surface area contributed by atoms with Crippen LogP contribution in [0.5, 0.6) is 0 Å². The van der Waals surface area contributed by atoms with E-state index in [1.54, 1.807) is 18.2 Å². The second-order valence-electron chi connectivity index (χ2n) is 16.2. The number of fused-ring (bicyclic) bond motifs is 8. The van der Waals surface area contributed by atoms with Crippen LogP contribution >= 0.6 is 0 Å². The summed E-state index contributed by atoms with van der Waals surface area (Å²) < 4.78 is 0. The smallest absolute Gasteiger partial charge is 0.346 e. The number of carboxylic acid groups (broad SMARTS) is 1. The Morgan fingerprint density at radius 3 is 1.47 bits per heavy atom. The second-order valence-corrected chi connectivity index (χ2v) is 16.2. The fraction of sp³-hybridized carbons (Fsp3) is 0.143. The van der Waals surface area contributed by atoms with Gasteiger partial charge in [-0.05, 0) is 157 Å². The van der Waals surface area contributed by atoms with Crippen LogP contribution < -0.4 is 4.90 Å². The number of benzene rings is 4. The van der Waals surface area contributed by atoms with E-state index in [9.17, 15) is 15.2 Å². The van der Waals surface area contributed by atoms with Crippen molar-refractivity contribution in [1.82, 2.24) is 19.9 Å². The van der Waals surface area contributed by atoms with Crippen molar-refractivity contribution in [1.29, 1.82) is 5.26 Å². The summed E-state index contributed by atoms with van der Waals surface area (Å²) in [6.45, 7) is 4.47. The molecule has 0 unspecified atom stereocenters. The number of rotatable bonds is 13. The zero-order chi connectivity index (χ0) is 44.0. The Bertz CT molecular complexity index is 3090. The third kappa shape index (κ3) is 8.97. The summed E-state index contributed by atoms with van der Waals surface area (Å²) in [6.07, 6.45) is 16.4. The zero-order valence-corrected chi connectivity index (χ0v) is 36.0. The number of anilines is 3. The Morgan fingerprint density at radius 1 is 0.609 bits per heavy atom. The summed E-state index contributed by atoms with van der Waals surface area (Å²) in [6, 6.07) is 48.4. The van der Waals surface area contributed by atoms with Crippen molar-refractivity contribution < 1.29 is 9.90 Å². The molecule has 9 rings (SSSR count). The minimum absolute atomic E-state index is 0.326. The molecule has 7 aromatic rings. The van der Waals surface area contributed by atoms with E-state index >= 15 is 0 Å². The highest BCUT2D eigenvalue weighted by Gasteiger charge is 2.17. The molecule has 8 nitrogen and oxygen atoms in total. The number of nitriles is 1. The van der Waals surface area contributed by atoms with E-state index in [4.69, 9.17) is 9.97 Å². The molecule has 8 heteroatoms. The summed E-state index contributed by atoms with van der Waals surface area (Å²) >= 11 is 0. The zero-order valence-electron chi connectivity index (χ0n) is 36.0.